The molecule has 0 unspecified atom stereocenters. The van der Waals surface area contributed by atoms with E-state index in [-0.39, 0.29) is 0 Å². The number of aromatic nitrogens is 1. The molecule has 1 heterocycles. The van der Waals surface area contributed by atoms with Crippen LogP contribution in [-0.4, -0.2) is 4.98 Å². The summed E-state index contributed by atoms with van der Waals surface area (Å²) in [6, 6.07) is 4.61. The first-order valence-corrected chi connectivity index (χ1v) is 5.66. The van der Waals surface area contributed by atoms with Crippen LogP contribution < -0.4 is 0 Å². The van der Waals surface area contributed by atoms with E-state index in [1.54, 1.807) is 16.9 Å². The Bertz CT molecular complexity index is 404. The zero-order chi connectivity index (χ0) is 8.67. The molecule has 0 saturated heterocycles. The lowest BCUT2D eigenvalue weighted by molar-refractivity contribution is 0.687. The molecule has 0 aliphatic heterocycles. The van der Waals surface area contributed by atoms with E-state index in [4.69, 9.17) is 0 Å². The minimum absolute atomic E-state index is 1.19. The summed E-state index contributed by atoms with van der Waals surface area (Å²) in [6.07, 6.45) is 5.23. The predicted molar refractivity (Wildman–Crippen MR) is 56.3 cm³/mol. The molecule has 1 aromatic heterocycles. The number of nitrogens with zero attached hydrogens (tertiary/aromatic N) is 1. The fourth-order valence-electron chi connectivity index (χ4n) is 2.09. The molecule has 0 fully saturated rings. The van der Waals surface area contributed by atoms with Gasteiger partial charge in [-0.05, 0) is 48.9 Å². The van der Waals surface area contributed by atoms with Gasteiger partial charge in [0.1, 0.15) is 0 Å². The third-order valence-corrected chi connectivity index (χ3v) is 3.59. The maximum atomic E-state index is 4.35. The van der Waals surface area contributed by atoms with Gasteiger partial charge in [0.25, 0.3) is 0 Å². The maximum absolute atomic E-state index is 4.35. The topological polar surface area (TPSA) is 12.9 Å². The molecule has 1 aliphatic carbocycles. The van der Waals surface area contributed by atoms with Crippen LogP contribution in [0.1, 0.15) is 24.0 Å². The van der Waals surface area contributed by atoms with E-state index in [1.165, 1.54) is 41.5 Å². The molecule has 0 radical (unpaired) electrons. The lowest BCUT2D eigenvalue weighted by Gasteiger charge is -2.14. The Kier molecular flexibility index (Phi) is 1.62. The first-order valence-electron chi connectivity index (χ1n) is 4.78. The van der Waals surface area contributed by atoms with Gasteiger partial charge in [0.15, 0.2) is 0 Å². The minimum atomic E-state index is 1.19. The lowest BCUT2D eigenvalue weighted by Crippen LogP contribution is -2.01. The van der Waals surface area contributed by atoms with Gasteiger partial charge in [-0.3, -0.25) is 0 Å². The fourth-order valence-corrected chi connectivity index (χ4v) is 2.81. The molecule has 0 spiro atoms. The number of fused-ring (bicyclic) bond motifs is 2. The van der Waals surface area contributed by atoms with E-state index >= 15 is 0 Å². The van der Waals surface area contributed by atoms with Crippen molar-refractivity contribution in [1.82, 2.24) is 4.98 Å². The van der Waals surface area contributed by atoms with Gasteiger partial charge in [-0.1, -0.05) is 0 Å². The van der Waals surface area contributed by atoms with Crippen molar-refractivity contribution in [3.8, 4) is 0 Å². The molecule has 0 bridgehead atoms. The third-order valence-electron chi connectivity index (χ3n) is 2.79. The van der Waals surface area contributed by atoms with Crippen molar-refractivity contribution in [3.63, 3.8) is 0 Å². The molecule has 1 aromatic carbocycles. The average Bonchev–Trinajstić information content (AvgIpc) is 2.61. The Labute approximate surface area is 81.4 Å². The van der Waals surface area contributed by atoms with Crippen molar-refractivity contribution >= 4 is 21.6 Å². The highest BCUT2D eigenvalue weighted by molar-refractivity contribution is 7.16. The van der Waals surface area contributed by atoms with Crippen LogP contribution in [0.4, 0.5) is 0 Å². The Morgan fingerprint density at radius 2 is 1.85 bits per heavy atom. The first-order chi connectivity index (χ1) is 6.43. The van der Waals surface area contributed by atoms with Gasteiger partial charge in [0.2, 0.25) is 0 Å². The summed E-state index contributed by atoms with van der Waals surface area (Å²) in [5.74, 6) is 0. The number of benzene rings is 1. The summed E-state index contributed by atoms with van der Waals surface area (Å²) in [4.78, 5) is 4.35. The van der Waals surface area contributed by atoms with Gasteiger partial charge in [-0.15, -0.1) is 11.3 Å². The van der Waals surface area contributed by atoms with E-state index in [9.17, 15) is 0 Å². The summed E-state index contributed by atoms with van der Waals surface area (Å²) in [5, 5.41) is 0. The molecule has 3 rings (SSSR count). The monoisotopic (exact) mass is 189 g/mol. The number of aryl methyl sites for hydroxylation is 2. The molecule has 2 heteroatoms. The molecule has 0 N–H and O–H groups in total. The standard InChI is InChI=1S/C11H11NS/c1-2-4-9-6-11-10(12-7-13-11)5-8(9)3-1/h5-7H,1-4H2. The zero-order valence-corrected chi connectivity index (χ0v) is 8.23. The zero-order valence-electron chi connectivity index (χ0n) is 7.42. The number of thiazole rings is 1. The molecule has 0 atom stereocenters. The molecule has 1 nitrogen and oxygen atoms in total. The minimum Gasteiger partial charge on any atom is -0.245 e. The number of hydrogen-bond acceptors (Lipinski definition) is 2. The lowest BCUT2D eigenvalue weighted by atomic mass is 9.92. The summed E-state index contributed by atoms with van der Waals surface area (Å²) in [5.41, 5.74) is 6.22. The van der Waals surface area contributed by atoms with E-state index in [2.05, 4.69) is 17.1 Å². The summed E-state index contributed by atoms with van der Waals surface area (Å²) in [7, 11) is 0. The molecule has 0 saturated carbocycles. The fraction of sp³-hybridized carbons (Fsp3) is 0.364. The normalized spacial score (nSPS) is 16.0. The second-order valence-corrected chi connectivity index (χ2v) is 4.53. The van der Waals surface area contributed by atoms with E-state index in [0.29, 0.717) is 0 Å². The second kappa shape index (κ2) is 2.81. The van der Waals surface area contributed by atoms with Gasteiger partial charge in [0.05, 0.1) is 15.7 Å². The van der Waals surface area contributed by atoms with Crippen molar-refractivity contribution in [1.29, 1.82) is 0 Å². The van der Waals surface area contributed by atoms with Crippen LogP contribution >= 0.6 is 11.3 Å². The maximum Gasteiger partial charge on any atom is 0.0814 e. The van der Waals surface area contributed by atoms with E-state index < -0.39 is 0 Å². The molecule has 13 heavy (non-hydrogen) atoms. The van der Waals surface area contributed by atoms with Crippen LogP contribution in [0.15, 0.2) is 17.6 Å². The summed E-state index contributed by atoms with van der Waals surface area (Å²) < 4.78 is 1.35. The highest BCUT2D eigenvalue weighted by atomic mass is 32.1. The summed E-state index contributed by atoms with van der Waals surface area (Å²) >= 11 is 1.75. The highest BCUT2D eigenvalue weighted by Crippen LogP contribution is 2.27. The number of rotatable bonds is 0. The SMILES string of the molecule is c1nc2cc3c(cc2s1)CCCC3. The molecule has 1 aliphatic rings. The molecular formula is C11H11NS. The quantitative estimate of drug-likeness (QED) is 0.620. The average molecular weight is 189 g/mol. The van der Waals surface area contributed by atoms with Crippen molar-refractivity contribution in [2.45, 2.75) is 25.7 Å². The van der Waals surface area contributed by atoms with Gasteiger partial charge >= 0.3 is 0 Å². The first kappa shape index (κ1) is 7.51. The van der Waals surface area contributed by atoms with E-state index in [1.807, 2.05) is 5.51 Å². The van der Waals surface area contributed by atoms with Crippen molar-refractivity contribution in [2.75, 3.05) is 0 Å². The smallest absolute Gasteiger partial charge is 0.0814 e. The van der Waals surface area contributed by atoms with Gasteiger partial charge < -0.3 is 0 Å². The van der Waals surface area contributed by atoms with Crippen LogP contribution in [0.3, 0.4) is 0 Å². The number of hydrogen-bond donors (Lipinski definition) is 0. The third kappa shape index (κ3) is 1.17. The van der Waals surface area contributed by atoms with Crippen LogP contribution in [0.2, 0.25) is 0 Å². The van der Waals surface area contributed by atoms with Crippen molar-refractivity contribution < 1.29 is 0 Å². The summed E-state index contributed by atoms with van der Waals surface area (Å²) in [6.45, 7) is 0. The molecular weight excluding hydrogens is 178 g/mol. The van der Waals surface area contributed by atoms with Crippen LogP contribution in [-0.2, 0) is 12.8 Å². The van der Waals surface area contributed by atoms with Gasteiger partial charge in [-0.25, -0.2) is 4.98 Å². The van der Waals surface area contributed by atoms with E-state index in [0.717, 1.165) is 0 Å². The van der Waals surface area contributed by atoms with Crippen LogP contribution in [0.5, 0.6) is 0 Å². The highest BCUT2D eigenvalue weighted by Gasteiger charge is 2.10. The van der Waals surface area contributed by atoms with Crippen molar-refractivity contribution in [3.05, 3.63) is 28.8 Å². The second-order valence-electron chi connectivity index (χ2n) is 3.65. The molecule has 2 aromatic rings. The Hall–Kier alpha value is -0.890. The predicted octanol–water partition coefficient (Wildman–Crippen LogP) is 3.18. The molecule has 0 amide bonds. The van der Waals surface area contributed by atoms with Gasteiger partial charge in [0, 0.05) is 0 Å². The molecule has 66 valence electrons. The van der Waals surface area contributed by atoms with Crippen molar-refractivity contribution in [2.24, 2.45) is 0 Å². The Morgan fingerprint density at radius 3 is 2.69 bits per heavy atom. The Morgan fingerprint density at radius 1 is 1.08 bits per heavy atom. The largest absolute Gasteiger partial charge is 0.245 e. The van der Waals surface area contributed by atoms with Crippen LogP contribution in [0.25, 0.3) is 10.2 Å². The Balaban J connectivity index is 2.28. The van der Waals surface area contributed by atoms with Gasteiger partial charge in [-0.2, -0.15) is 0 Å². The van der Waals surface area contributed by atoms with Crippen LogP contribution in [0, 0.1) is 0 Å².